The Bertz CT molecular complexity index is 486. The van der Waals surface area contributed by atoms with Crippen LogP contribution in [-0.4, -0.2) is 28.0 Å². The SMILES string of the molecule is CCCN(CCBr)c1nc2ccccc2n1C. The Morgan fingerprint density at radius 1 is 1.29 bits per heavy atom. The Labute approximate surface area is 111 Å². The largest absolute Gasteiger partial charge is 0.341 e. The molecule has 0 fully saturated rings. The fraction of sp³-hybridized carbons (Fsp3) is 0.462. The predicted molar refractivity (Wildman–Crippen MR) is 77.0 cm³/mol. The monoisotopic (exact) mass is 295 g/mol. The Balaban J connectivity index is 2.42. The zero-order chi connectivity index (χ0) is 12.3. The Morgan fingerprint density at radius 2 is 2.06 bits per heavy atom. The lowest BCUT2D eigenvalue weighted by Crippen LogP contribution is -2.28. The fourth-order valence-electron chi connectivity index (χ4n) is 2.10. The number of benzene rings is 1. The number of fused-ring (bicyclic) bond motifs is 1. The lowest BCUT2D eigenvalue weighted by molar-refractivity contribution is 0.745. The van der Waals surface area contributed by atoms with Crippen LogP contribution in [0.3, 0.4) is 0 Å². The smallest absolute Gasteiger partial charge is 0.206 e. The van der Waals surface area contributed by atoms with Gasteiger partial charge in [-0.15, -0.1) is 0 Å². The number of alkyl halides is 1. The van der Waals surface area contributed by atoms with Crippen LogP contribution in [0.2, 0.25) is 0 Å². The van der Waals surface area contributed by atoms with Gasteiger partial charge in [0.2, 0.25) is 5.95 Å². The van der Waals surface area contributed by atoms with E-state index in [1.165, 1.54) is 5.52 Å². The summed E-state index contributed by atoms with van der Waals surface area (Å²) >= 11 is 3.51. The van der Waals surface area contributed by atoms with Crippen molar-refractivity contribution in [1.82, 2.24) is 9.55 Å². The van der Waals surface area contributed by atoms with Gasteiger partial charge in [0.25, 0.3) is 0 Å². The maximum Gasteiger partial charge on any atom is 0.206 e. The Morgan fingerprint density at radius 3 is 2.71 bits per heavy atom. The molecule has 0 spiro atoms. The minimum atomic E-state index is 0.968. The van der Waals surface area contributed by atoms with Crippen LogP contribution < -0.4 is 4.90 Å². The molecule has 0 saturated heterocycles. The highest BCUT2D eigenvalue weighted by atomic mass is 79.9. The molecule has 3 nitrogen and oxygen atoms in total. The molecular formula is C13H18BrN3. The minimum Gasteiger partial charge on any atom is -0.341 e. The molecule has 2 aromatic rings. The first kappa shape index (κ1) is 12.4. The van der Waals surface area contributed by atoms with E-state index in [4.69, 9.17) is 4.98 Å². The zero-order valence-corrected chi connectivity index (χ0v) is 11.9. The Hall–Kier alpha value is -1.03. The molecule has 0 aliphatic rings. The summed E-state index contributed by atoms with van der Waals surface area (Å²) in [6.07, 6.45) is 1.14. The van der Waals surface area contributed by atoms with Crippen molar-refractivity contribution < 1.29 is 0 Å². The van der Waals surface area contributed by atoms with E-state index in [9.17, 15) is 0 Å². The third-order valence-electron chi connectivity index (χ3n) is 2.89. The fourth-order valence-corrected chi connectivity index (χ4v) is 2.53. The topological polar surface area (TPSA) is 21.1 Å². The van der Waals surface area contributed by atoms with Crippen LogP contribution in [-0.2, 0) is 7.05 Å². The van der Waals surface area contributed by atoms with Gasteiger partial charge in [0.05, 0.1) is 11.0 Å². The van der Waals surface area contributed by atoms with E-state index in [1.54, 1.807) is 0 Å². The molecule has 0 saturated carbocycles. The van der Waals surface area contributed by atoms with Crippen molar-refractivity contribution >= 4 is 32.9 Å². The molecule has 0 radical (unpaired) electrons. The molecule has 0 aliphatic carbocycles. The molecule has 0 N–H and O–H groups in total. The molecule has 0 unspecified atom stereocenters. The number of para-hydroxylation sites is 2. The first-order valence-corrected chi connectivity index (χ1v) is 7.12. The summed E-state index contributed by atoms with van der Waals surface area (Å²) in [6, 6.07) is 8.28. The summed E-state index contributed by atoms with van der Waals surface area (Å²) in [6.45, 7) is 4.23. The molecular weight excluding hydrogens is 278 g/mol. The maximum absolute atomic E-state index is 4.72. The van der Waals surface area contributed by atoms with E-state index in [0.717, 1.165) is 36.3 Å². The van der Waals surface area contributed by atoms with Gasteiger partial charge in [-0.3, -0.25) is 0 Å². The second-order valence-electron chi connectivity index (χ2n) is 4.14. The van der Waals surface area contributed by atoms with Gasteiger partial charge in [-0.25, -0.2) is 4.98 Å². The summed E-state index contributed by atoms with van der Waals surface area (Å²) in [7, 11) is 2.08. The van der Waals surface area contributed by atoms with E-state index in [-0.39, 0.29) is 0 Å². The molecule has 4 heteroatoms. The van der Waals surface area contributed by atoms with Gasteiger partial charge in [0.1, 0.15) is 0 Å². The van der Waals surface area contributed by atoms with Crippen molar-refractivity contribution in [3.63, 3.8) is 0 Å². The first-order chi connectivity index (χ1) is 8.27. The highest BCUT2D eigenvalue weighted by Gasteiger charge is 2.13. The van der Waals surface area contributed by atoms with Gasteiger partial charge in [0, 0.05) is 25.5 Å². The summed E-state index contributed by atoms with van der Waals surface area (Å²) in [5.41, 5.74) is 2.26. The number of anilines is 1. The van der Waals surface area contributed by atoms with E-state index >= 15 is 0 Å². The van der Waals surface area contributed by atoms with Gasteiger partial charge in [0.15, 0.2) is 0 Å². The van der Waals surface area contributed by atoms with Crippen molar-refractivity contribution in [1.29, 1.82) is 0 Å². The van der Waals surface area contributed by atoms with Gasteiger partial charge in [-0.1, -0.05) is 35.0 Å². The standard InChI is InChI=1S/C13H18BrN3/c1-3-9-17(10-8-14)13-15-11-6-4-5-7-12(11)16(13)2/h4-7H,3,8-10H2,1-2H3. The summed E-state index contributed by atoms with van der Waals surface area (Å²) in [4.78, 5) is 7.05. The van der Waals surface area contributed by atoms with Gasteiger partial charge in [-0.05, 0) is 18.6 Å². The van der Waals surface area contributed by atoms with Gasteiger partial charge < -0.3 is 9.47 Å². The molecule has 0 amide bonds. The van der Waals surface area contributed by atoms with Crippen molar-refractivity contribution in [2.24, 2.45) is 7.05 Å². The van der Waals surface area contributed by atoms with Crippen molar-refractivity contribution in [2.45, 2.75) is 13.3 Å². The molecule has 17 heavy (non-hydrogen) atoms. The van der Waals surface area contributed by atoms with Crippen molar-refractivity contribution in [3.8, 4) is 0 Å². The summed E-state index contributed by atoms with van der Waals surface area (Å²) in [5.74, 6) is 1.06. The number of rotatable bonds is 5. The van der Waals surface area contributed by atoms with Crippen molar-refractivity contribution in [2.75, 3.05) is 23.3 Å². The lowest BCUT2D eigenvalue weighted by atomic mass is 10.3. The second-order valence-corrected chi connectivity index (χ2v) is 4.93. The van der Waals surface area contributed by atoms with Crippen LogP contribution in [0.5, 0.6) is 0 Å². The molecule has 92 valence electrons. The van der Waals surface area contributed by atoms with Crippen LogP contribution >= 0.6 is 15.9 Å². The number of imidazole rings is 1. The van der Waals surface area contributed by atoms with Crippen LogP contribution in [0.15, 0.2) is 24.3 Å². The molecule has 0 atom stereocenters. The molecule has 1 aromatic heterocycles. The van der Waals surface area contributed by atoms with E-state index < -0.39 is 0 Å². The molecule has 1 heterocycles. The van der Waals surface area contributed by atoms with Gasteiger partial charge >= 0.3 is 0 Å². The maximum atomic E-state index is 4.72. The number of aryl methyl sites for hydroxylation is 1. The quantitative estimate of drug-likeness (QED) is 0.790. The molecule has 2 rings (SSSR count). The predicted octanol–water partition coefficient (Wildman–Crippen LogP) is 3.18. The minimum absolute atomic E-state index is 0.968. The highest BCUT2D eigenvalue weighted by Crippen LogP contribution is 2.21. The van der Waals surface area contributed by atoms with Crippen molar-refractivity contribution in [3.05, 3.63) is 24.3 Å². The average Bonchev–Trinajstić information content (AvgIpc) is 2.67. The molecule has 0 bridgehead atoms. The molecule has 0 aliphatic heterocycles. The molecule has 1 aromatic carbocycles. The van der Waals surface area contributed by atoms with E-state index in [1.807, 2.05) is 6.07 Å². The number of nitrogens with zero attached hydrogens (tertiary/aromatic N) is 3. The highest BCUT2D eigenvalue weighted by molar-refractivity contribution is 9.09. The second kappa shape index (κ2) is 5.54. The van der Waals surface area contributed by atoms with Crippen LogP contribution in [0, 0.1) is 0 Å². The third-order valence-corrected chi connectivity index (χ3v) is 3.25. The first-order valence-electron chi connectivity index (χ1n) is 6.00. The third kappa shape index (κ3) is 2.46. The van der Waals surface area contributed by atoms with Crippen LogP contribution in [0.25, 0.3) is 11.0 Å². The Kier molecular flexibility index (Phi) is 4.05. The number of aromatic nitrogens is 2. The number of hydrogen-bond donors (Lipinski definition) is 0. The average molecular weight is 296 g/mol. The summed E-state index contributed by atoms with van der Waals surface area (Å²) in [5, 5.41) is 0.968. The normalized spacial score (nSPS) is 11.0. The van der Waals surface area contributed by atoms with E-state index in [2.05, 4.69) is 57.6 Å². The van der Waals surface area contributed by atoms with Crippen LogP contribution in [0.1, 0.15) is 13.3 Å². The number of halogens is 1. The van der Waals surface area contributed by atoms with Crippen LogP contribution in [0.4, 0.5) is 5.95 Å². The zero-order valence-electron chi connectivity index (χ0n) is 10.4. The van der Waals surface area contributed by atoms with E-state index in [0.29, 0.717) is 0 Å². The summed E-state index contributed by atoms with van der Waals surface area (Å²) < 4.78 is 2.17. The van der Waals surface area contributed by atoms with Gasteiger partial charge in [-0.2, -0.15) is 0 Å². The number of hydrogen-bond acceptors (Lipinski definition) is 2. The lowest BCUT2D eigenvalue weighted by Gasteiger charge is -2.21.